The Balaban J connectivity index is 1.71. The number of allylic oxidation sites excluding steroid dienone is 2. The van der Waals surface area contributed by atoms with E-state index in [1.54, 1.807) is 24.0 Å². The van der Waals surface area contributed by atoms with Gasteiger partial charge in [-0.15, -0.1) is 27.9 Å². The average Bonchev–Trinajstić information content (AvgIpc) is 3.24. The van der Waals surface area contributed by atoms with E-state index in [2.05, 4.69) is 10.1 Å². The van der Waals surface area contributed by atoms with Crippen molar-refractivity contribution in [3.05, 3.63) is 75.4 Å². The summed E-state index contributed by atoms with van der Waals surface area (Å²) in [5, 5.41) is 4.13. The van der Waals surface area contributed by atoms with Gasteiger partial charge >= 0.3 is 0 Å². The van der Waals surface area contributed by atoms with Crippen LogP contribution in [0.1, 0.15) is 23.6 Å². The zero-order chi connectivity index (χ0) is 22.9. The third-order valence-corrected chi connectivity index (χ3v) is 8.71. The zero-order valence-electron chi connectivity index (χ0n) is 16.7. The van der Waals surface area contributed by atoms with E-state index in [0.29, 0.717) is 22.0 Å². The van der Waals surface area contributed by atoms with Crippen molar-refractivity contribution >= 4 is 63.0 Å². The SMILES string of the molecule is CSc1ccc2c(c1)C(C1=CC(=O)CC=C1N(C=O)NS(=O)(=O)c1ccc(Cl)s1)NC=C2. The van der Waals surface area contributed by atoms with E-state index in [1.165, 1.54) is 18.2 Å². The number of carbonyl (C=O) groups excluding carboxylic acids is 2. The Morgan fingerprint density at radius 2 is 2.12 bits per heavy atom. The van der Waals surface area contributed by atoms with Crippen molar-refractivity contribution in [2.75, 3.05) is 6.26 Å². The first kappa shape index (κ1) is 22.8. The van der Waals surface area contributed by atoms with Gasteiger partial charge in [0.1, 0.15) is 4.21 Å². The van der Waals surface area contributed by atoms with Crippen LogP contribution in [0.2, 0.25) is 4.34 Å². The average molecular weight is 508 g/mol. The van der Waals surface area contributed by atoms with Crippen LogP contribution in [-0.2, 0) is 19.6 Å². The first-order chi connectivity index (χ1) is 15.3. The monoisotopic (exact) mass is 507 g/mol. The van der Waals surface area contributed by atoms with Crippen molar-refractivity contribution in [3.63, 3.8) is 0 Å². The second-order valence-corrected chi connectivity index (χ2v) is 11.4. The Bertz CT molecular complexity index is 1280. The maximum Gasteiger partial charge on any atom is 0.267 e. The van der Waals surface area contributed by atoms with Gasteiger partial charge in [-0.25, -0.2) is 13.4 Å². The zero-order valence-corrected chi connectivity index (χ0v) is 19.9. The first-order valence-corrected chi connectivity index (χ1v) is 13.3. The summed E-state index contributed by atoms with van der Waals surface area (Å²) in [6.07, 6.45) is 9.09. The molecular formula is C21H18ClN3O4S3. The Labute approximate surface area is 198 Å². The van der Waals surface area contributed by atoms with Crippen LogP contribution >= 0.6 is 34.7 Å². The van der Waals surface area contributed by atoms with Crippen LogP contribution in [0, 0.1) is 0 Å². The molecule has 1 atom stereocenters. The number of benzene rings is 1. The van der Waals surface area contributed by atoms with Crippen molar-refractivity contribution in [2.45, 2.75) is 21.6 Å². The van der Waals surface area contributed by atoms with Gasteiger partial charge in [-0.1, -0.05) is 23.7 Å². The predicted octanol–water partition coefficient (Wildman–Crippen LogP) is 3.87. The van der Waals surface area contributed by atoms with Crippen LogP contribution in [0.3, 0.4) is 0 Å². The number of nitrogens with one attached hydrogen (secondary N) is 2. The minimum absolute atomic E-state index is 0.0268. The number of hydrogen-bond donors (Lipinski definition) is 2. The molecule has 32 heavy (non-hydrogen) atoms. The highest BCUT2D eigenvalue weighted by Gasteiger charge is 2.31. The molecule has 4 rings (SSSR count). The molecule has 0 saturated carbocycles. The molecule has 166 valence electrons. The lowest BCUT2D eigenvalue weighted by atomic mass is 9.87. The van der Waals surface area contributed by atoms with Gasteiger partial charge < -0.3 is 5.32 Å². The Kier molecular flexibility index (Phi) is 6.59. The van der Waals surface area contributed by atoms with E-state index in [-0.39, 0.29) is 16.4 Å². The van der Waals surface area contributed by atoms with Gasteiger partial charge in [-0.3, -0.25) is 9.59 Å². The second kappa shape index (κ2) is 9.24. The molecule has 1 aromatic carbocycles. The fraction of sp³-hybridized carbons (Fsp3) is 0.143. The van der Waals surface area contributed by atoms with E-state index in [4.69, 9.17) is 11.6 Å². The summed E-state index contributed by atoms with van der Waals surface area (Å²) < 4.78 is 25.9. The summed E-state index contributed by atoms with van der Waals surface area (Å²) in [4.78, 5) is 27.6. The van der Waals surface area contributed by atoms with E-state index >= 15 is 0 Å². The topological polar surface area (TPSA) is 95.6 Å². The van der Waals surface area contributed by atoms with Crippen molar-refractivity contribution in [1.82, 2.24) is 15.2 Å². The van der Waals surface area contributed by atoms with Crippen LogP contribution in [0.15, 0.2) is 69.1 Å². The van der Waals surface area contributed by atoms with Gasteiger partial charge in [-0.05, 0) is 60.0 Å². The molecule has 11 heteroatoms. The molecular weight excluding hydrogens is 490 g/mol. The smallest absolute Gasteiger partial charge is 0.267 e. The molecule has 0 fully saturated rings. The molecule has 2 heterocycles. The Morgan fingerprint density at radius 1 is 1.31 bits per heavy atom. The maximum absolute atomic E-state index is 12.8. The number of amides is 1. The van der Waals surface area contributed by atoms with Crippen LogP contribution in [0.4, 0.5) is 0 Å². The standard InChI is InChI=1S/C21H18ClN3O4S3/c1-30-15-4-2-13-8-9-23-21(16(13)11-15)17-10-14(27)3-5-18(17)25(12-26)24-32(28,29)20-7-6-19(22)31-20/h2,4-12,21,23-24H,3H2,1H3. The van der Waals surface area contributed by atoms with Crippen LogP contribution in [0.25, 0.3) is 6.08 Å². The molecule has 1 aliphatic carbocycles. The van der Waals surface area contributed by atoms with Gasteiger partial charge in [-0.2, -0.15) is 0 Å². The number of ketones is 1. The van der Waals surface area contributed by atoms with E-state index in [0.717, 1.165) is 32.4 Å². The highest BCUT2D eigenvalue weighted by molar-refractivity contribution is 7.98. The molecule has 7 nitrogen and oxygen atoms in total. The summed E-state index contributed by atoms with van der Waals surface area (Å²) in [7, 11) is -4.05. The Hall–Kier alpha value is -2.37. The molecule has 0 saturated heterocycles. The molecule has 2 aromatic rings. The van der Waals surface area contributed by atoms with E-state index in [1.807, 2.05) is 30.5 Å². The van der Waals surface area contributed by atoms with Crippen LogP contribution in [0.5, 0.6) is 0 Å². The van der Waals surface area contributed by atoms with Gasteiger partial charge in [0, 0.05) is 16.9 Å². The molecule has 0 bridgehead atoms. The number of halogens is 1. The highest BCUT2D eigenvalue weighted by Crippen LogP contribution is 2.37. The summed E-state index contributed by atoms with van der Waals surface area (Å²) in [5.74, 6) is -0.138. The van der Waals surface area contributed by atoms with Gasteiger partial charge in [0.15, 0.2) is 5.78 Å². The number of thiophene rings is 1. The third-order valence-electron chi connectivity index (χ3n) is 4.95. The number of rotatable bonds is 7. The molecule has 1 unspecified atom stereocenters. The molecule has 0 radical (unpaired) electrons. The summed E-state index contributed by atoms with van der Waals surface area (Å²) >= 11 is 8.34. The van der Waals surface area contributed by atoms with Crippen molar-refractivity contribution < 1.29 is 18.0 Å². The fourth-order valence-corrected chi connectivity index (χ4v) is 6.42. The number of carbonyl (C=O) groups is 2. The summed E-state index contributed by atoms with van der Waals surface area (Å²) in [5.41, 5.74) is 2.67. The quantitative estimate of drug-likeness (QED) is 0.335. The van der Waals surface area contributed by atoms with Gasteiger partial charge in [0.25, 0.3) is 10.0 Å². The molecule has 2 aliphatic rings. The molecule has 1 amide bonds. The van der Waals surface area contributed by atoms with Crippen LogP contribution < -0.4 is 10.1 Å². The predicted molar refractivity (Wildman–Crippen MR) is 126 cm³/mol. The largest absolute Gasteiger partial charge is 0.380 e. The number of thioether (sulfide) groups is 1. The molecule has 2 N–H and O–H groups in total. The first-order valence-electron chi connectivity index (χ1n) is 9.40. The van der Waals surface area contributed by atoms with Crippen LogP contribution in [-0.4, -0.2) is 31.9 Å². The normalized spacial score (nSPS) is 17.8. The number of fused-ring (bicyclic) bond motifs is 1. The second-order valence-electron chi connectivity index (χ2n) is 6.92. The lowest BCUT2D eigenvalue weighted by Crippen LogP contribution is -2.42. The highest BCUT2D eigenvalue weighted by atomic mass is 35.5. The number of hydrazine groups is 1. The number of sulfonamides is 1. The number of nitrogens with zero attached hydrogens (tertiary/aromatic N) is 1. The minimum atomic E-state index is -4.05. The third kappa shape index (κ3) is 4.55. The number of hydrogen-bond acceptors (Lipinski definition) is 7. The van der Waals surface area contributed by atoms with Gasteiger partial charge in [0.05, 0.1) is 16.1 Å². The molecule has 1 aliphatic heterocycles. The van der Waals surface area contributed by atoms with E-state index < -0.39 is 16.1 Å². The lowest BCUT2D eigenvalue weighted by molar-refractivity contribution is -0.118. The summed E-state index contributed by atoms with van der Waals surface area (Å²) in [6.45, 7) is 0. The minimum Gasteiger partial charge on any atom is -0.380 e. The Morgan fingerprint density at radius 3 is 2.81 bits per heavy atom. The maximum atomic E-state index is 12.8. The van der Waals surface area contributed by atoms with E-state index in [9.17, 15) is 18.0 Å². The van der Waals surface area contributed by atoms with Crippen molar-refractivity contribution in [2.24, 2.45) is 0 Å². The fourth-order valence-electron chi connectivity index (χ4n) is 3.50. The molecule has 0 spiro atoms. The molecule has 1 aromatic heterocycles. The van der Waals surface area contributed by atoms with Crippen molar-refractivity contribution in [1.29, 1.82) is 0 Å². The summed E-state index contributed by atoms with van der Waals surface area (Å²) in [6, 6.07) is 8.39. The lowest BCUT2D eigenvalue weighted by Gasteiger charge is -2.32. The van der Waals surface area contributed by atoms with Crippen molar-refractivity contribution in [3.8, 4) is 0 Å². The van der Waals surface area contributed by atoms with Gasteiger partial charge in [0.2, 0.25) is 6.41 Å².